The van der Waals surface area contributed by atoms with E-state index in [9.17, 15) is 0 Å². The third kappa shape index (κ3) is 3.03. The third-order valence-electron chi connectivity index (χ3n) is 2.14. The van der Waals surface area contributed by atoms with Crippen LogP contribution >= 0.6 is 11.8 Å². The van der Waals surface area contributed by atoms with E-state index in [0.29, 0.717) is 5.92 Å². The number of nitrogens with zero attached hydrogens (tertiary/aromatic N) is 1. The second kappa shape index (κ2) is 5.41. The molecule has 0 fully saturated rings. The monoisotopic (exact) mass is 215 g/mol. The van der Waals surface area contributed by atoms with Crippen molar-refractivity contribution in [2.24, 2.45) is 5.92 Å². The first-order valence-electron chi connectivity index (χ1n) is 4.75. The Hall–Kier alpha value is -0.480. The highest BCUT2D eigenvalue weighted by atomic mass is 32.2. The van der Waals surface area contributed by atoms with Gasteiger partial charge in [0.2, 0.25) is 0 Å². The summed E-state index contributed by atoms with van der Waals surface area (Å²) in [6, 6.07) is 0. The van der Waals surface area contributed by atoms with Crippen LogP contribution in [0.15, 0.2) is 4.52 Å². The van der Waals surface area contributed by atoms with Gasteiger partial charge in [-0.15, -0.1) is 0 Å². The minimum absolute atomic E-state index is 0.259. The number of hydrogen-bond acceptors (Lipinski definition) is 4. The molecule has 1 N–H and O–H groups in total. The first-order chi connectivity index (χ1) is 6.65. The summed E-state index contributed by atoms with van der Waals surface area (Å²) < 4.78 is 5.07. The van der Waals surface area contributed by atoms with Crippen molar-refractivity contribution in [1.82, 2.24) is 5.16 Å². The molecule has 0 aliphatic carbocycles. The lowest BCUT2D eigenvalue weighted by molar-refractivity contribution is 0.250. The van der Waals surface area contributed by atoms with E-state index in [1.807, 2.05) is 32.5 Å². The molecule has 0 amide bonds. The fraction of sp³-hybridized carbons (Fsp3) is 0.700. The summed E-state index contributed by atoms with van der Waals surface area (Å²) in [5, 5.41) is 12.8. The average Bonchev–Trinajstić information content (AvgIpc) is 2.48. The Labute approximate surface area is 88.9 Å². The van der Waals surface area contributed by atoms with E-state index in [0.717, 1.165) is 23.0 Å². The van der Waals surface area contributed by atoms with Crippen molar-refractivity contribution in [3.63, 3.8) is 0 Å². The molecule has 0 bridgehead atoms. The van der Waals surface area contributed by atoms with Gasteiger partial charge in [-0.1, -0.05) is 12.1 Å². The quantitative estimate of drug-likeness (QED) is 0.817. The predicted molar refractivity (Wildman–Crippen MR) is 58.4 cm³/mol. The number of hydrogen-bond donors (Lipinski definition) is 1. The number of aliphatic hydroxyl groups excluding tert-OH is 1. The highest BCUT2D eigenvalue weighted by molar-refractivity contribution is 7.98. The Morgan fingerprint density at radius 1 is 1.50 bits per heavy atom. The van der Waals surface area contributed by atoms with Gasteiger partial charge in [0, 0.05) is 17.9 Å². The molecule has 1 aromatic heterocycles. The molecule has 0 aliphatic rings. The van der Waals surface area contributed by atoms with Gasteiger partial charge in [0.25, 0.3) is 0 Å². The molecular weight excluding hydrogens is 198 g/mol. The van der Waals surface area contributed by atoms with Gasteiger partial charge in [-0.3, -0.25) is 0 Å². The Morgan fingerprint density at radius 3 is 2.71 bits per heavy atom. The average molecular weight is 215 g/mol. The zero-order valence-electron chi connectivity index (χ0n) is 8.91. The van der Waals surface area contributed by atoms with Crippen molar-refractivity contribution in [3.8, 4) is 0 Å². The normalized spacial score (nSPS) is 13.1. The van der Waals surface area contributed by atoms with Crippen LogP contribution in [-0.4, -0.2) is 22.6 Å². The maximum Gasteiger partial charge on any atom is 0.137 e. The van der Waals surface area contributed by atoms with Crippen LogP contribution < -0.4 is 0 Å². The second-order valence-electron chi connectivity index (χ2n) is 3.61. The summed E-state index contributed by atoms with van der Waals surface area (Å²) in [5.74, 6) is 3.17. The summed E-state index contributed by atoms with van der Waals surface area (Å²) in [6.45, 7) is 6.20. The fourth-order valence-electron chi connectivity index (χ4n) is 1.12. The molecule has 0 spiro atoms. The van der Waals surface area contributed by atoms with Crippen LogP contribution in [0.1, 0.15) is 23.9 Å². The van der Waals surface area contributed by atoms with E-state index in [1.54, 1.807) is 0 Å². The first kappa shape index (κ1) is 11.6. The molecule has 1 atom stereocenters. The van der Waals surface area contributed by atoms with Gasteiger partial charge in [0.05, 0.1) is 5.69 Å². The molecular formula is C10H17NO2S. The highest BCUT2D eigenvalue weighted by Crippen LogP contribution is 2.20. The third-order valence-corrected chi connectivity index (χ3v) is 3.44. The molecule has 0 aliphatic heterocycles. The lowest BCUT2D eigenvalue weighted by Gasteiger charge is -2.06. The molecule has 80 valence electrons. The number of aryl methyl sites for hydroxylation is 2. The van der Waals surface area contributed by atoms with Crippen LogP contribution in [0.4, 0.5) is 0 Å². The van der Waals surface area contributed by atoms with Crippen LogP contribution in [0.2, 0.25) is 0 Å². The standard InChI is InChI=1S/C10H17NO2S/c1-7(4-12)5-14-6-10-8(2)11-13-9(10)3/h7,12H,4-6H2,1-3H3. The van der Waals surface area contributed by atoms with Crippen LogP contribution in [0.3, 0.4) is 0 Å². The fourth-order valence-corrected chi connectivity index (χ4v) is 2.36. The summed E-state index contributed by atoms with van der Waals surface area (Å²) in [5.41, 5.74) is 2.17. The Balaban J connectivity index is 2.38. The summed E-state index contributed by atoms with van der Waals surface area (Å²) in [6.07, 6.45) is 0. The van der Waals surface area contributed by atoms with Crippen molar-refractivity contribution < 1.29 is 9.63 Å². The van der Waals surface area contributed by atoms with Crippen molar-refractivity contribution in [2.75, 3.05) is 12.4 Å². The SMILES string of the molecule is Cc1noc(C)c1CSCC(C)CO. The molecule has 1 unspecified atom stereocenters. The van der Waals surface area contributed by atoms with E-state index in [-0.39, 0.29) is 6.61 Å². The van der Waals surface area contributed by atoms with E-state index in [2.05, 4.69) is 5.16 Å². The zero-order valence-corrected chi connectivity index (χ0v) is 9.73. The van der Waals surface area contributed by atoms with E-state index < -0.39 is 0 Å². The van der Waals surface area contributed by atoms with E-state index in [1.165, 1.54) is 5.56 Å². The molecule has 0 radical (unpaired) electrons. The molecule has 0 aromatic carbocycles. The lowest BCUT2D eigenvalue weighted by Crippen LogP contribution is -2.03. The minimum Gasteiger partial charge on any atom is -0.396 e. The molecule has 1 aromatic rings. The summed E-state index contributed by atoms with van der Waals surface area (Å²) in [4.78, 5) is 0. The van der Waals surface area contributed by atoms with Crippen molar-refractivity contribution in [1.29, 1.82) is 0 Å². The Bertz CT molecular complexity index is 266. The molecule has 4 heteroatoms. The van der Waals surface area contributed by atoms with Gasteiger partial charge in [0.15, 0.2) is 0 Å². The maximum absolute atomic E-state index is 8.86. The number of rotatable bonds is 5. The highest BCUT2D eigenvalue weighted by Gasteiger charge is 2.09. The molecule has 0 saturated carbocycles. The maximum atomic E-state index is 8.86. The van der Waals surface area contributed by atoms with Crippen molar-refractivity contribution in [3.05, 3.63) is 17.0 Å². The van der Waals surface area contributed by atoms with Crippen molar-refractivity contribution >= 4 is 11.8 Å². The van der Waals surface area contributed by atoms with Gasteiger partial charge in [0.1, 0.15) is 5.76 Å². The lowest BCUT2D eigenvalue weighted by atomic mass is 10.2. The van der Waals surface area contributed by atoms with Gasteiger partial charge in [-0.05, 0) is 25.5 Å². The van der Waals surface area contributed by atoms with Gasteiger partial charge in [-0.2, -0.15) is 11.8 Å². The predicted octanol–water partition coefficient (Wildman–Crippen LogP) is 2.15. The summed E-state index contributed by atoms with van der Waals surface area (Å²) >= 11 is 1.81. The van der Waals surface area contributed by atoms with Crippen molar-refractivity contribution in [2.45, 2.75) is 26.5 Å². The Morgan fingerprint density at radius 2 is 2.21 bits per heavy atom. The van der Waals surface area contributed by atoms with Gasteiger partial charge >= 0.3 is 0 Å². The zero-order chi connectivity index (χ0) is 10.6. The molecule has 0 saturated heterocycles. The van der Waals surface area contributed by atoms with Crippen LogP contribution in [-0.2, 0) is 5.75 Å². The minimum atomic E-state index is 0.259. The van der Waals surface area contributed by atoms with Crippen LogP contribution in [0.5, 0.6) is 0 Å². The van der Waals surface area contributed by atoms with E-state index in [4.69, 9.17) is 9.63 Å². The Kier molecular flexibility index (Phi) is 4.48. The number of aromatic nitrogens is 1. The molecule has 1 rings (SSSR count). The topological polar surface area (TPSA) is 46.3 Å². The van der Waals surface area contributed by atoms with Crippen LogP contribution in [0, 0.1) is 19.8 Å². The summed E-state index contributed by atoms with van der Waals surface area (Å²) in [7, 11) is 0. The molecule has 1 heterocycles. The second-order valence-corrected chi connectivity index (χ2v) is 4.64. The smallest absolute Gasteiger partial charge is 0.137 e. The number of thioether (sulfide) groups is 1. The molecule has 14 heavy (non-hydrogen) atoms. The van der Waals surface area contributed by atoms with Gasteiger partial charge < -0.3 is 9.63 Å². The van der Waals surface area contributed by atoms with Crippen LogP contribution in [0.25, 0.3) is 0 Å². The van der Waals surface area contributed by atoms with Gasteiger partial charge in [-0.25, -0.2) is 0 Å². The first-order valence-corrected chi connectivity index (χ1v) is 5.91. The number of aliphatic hydroxyl groups is 1. The molecule has 3 nitrogen and oxygen atoms in total. The van der Waals surface area contributed by atoms with E-state index >= 15 is 0 Å². The largest absolute Gasteiger partial charge is 0.396 e.